The lowest BCUT2D eigenvalue weighted by atomic mass is 10.0. The number of hydrogen-bond acceptors (Lipinski definition) is 6. The highest BCUT2D eigenvalue weighted by Crippen LogP contribution is 2.16. The summed E-state index contributed by atoms with van der Waals surface area (Å²) < 4.78 is 0. The summed E-state index contributed by atoms with van der Waals surface area (Å²) in [5.74, 6) is 1.11. The Morgan fingerprint density at radius 2 is 2.11 bits per heavy atom. The summed E-state index contributed by atoms with van der Waals surface area (Å²) in [6, 6.07) is 0.534. The van der Waals surface area contributed by atoms with Gasteiger partial charge in [-0.3, -0.25) is 0 Å². The lowest BCUT2D eigenvalue weighted by molar-refractivity contribution is 0.194. The molecule has 1 fully saturated rings. The summed E-state index contributed by atoms with van der Waals surface area (Å²) in [5, 5.41) is 3.49. The number of aromatic nitrogens is 3. The Morgan fingerprint density at radius 1 is 1.32 bits per heavy atom. The number of likely N-dealkylation sites (tertiary alicyclic amines) is 1. The number of anilines is 2. The normalized spacial score (nSPS) is 20.3. The van der Waals surface area contributed by atoms with Gasteiger partial charge in [0.25, 0.3) is 0 Å². The standard InChI is InChI=1S/C12H21ClN6/c1-18(2)12-16-10(13)15-11(17-12)14-8-9-6-4-5-7-19(9)3/h9H,4-8H2,1-3H3,(H,14,15,16,17). The van der Waals surface area contributed by atoms with E-state index in [0.717, 1.165) is 13.1 Å². The van der Waals surface area contributed by atoms with Crippen LogP contribution in [0.15, 0.2) is 0 Å². The second-order valence-electron chi connectivity index (χ2n) is 5.13. The summed E-state index contributed by atoms with van der Waals surface area (Å²) >= 11 is 5.90. The molecule has 1 aromatic heterocycles. The molecule has 1 aliphatic heterocycles. The Labute approximate surface area is 119 Å². The van der Waals surface area contributed by atoms with E-state index in [-0.39, 0.29) is 5.28 Å². The highest BCUT2D eigenvalue weighted by Gasteiger charge is 2.19. The van der Waals surface area contributed by atoms with E-state index in [0.29, 0.717) is 17.9 Å². The molecule has 7 heteroatoms. The summed E-state index contributed by atoms with van der Waals surface area (Å²) in [7, 11) is 5.92. The average molecular weight is 285 g/mol. The fraction of sp³-hybridized carbons (Fsp3) is 0.750. The minimum absolute atomic E-state index is 0.221. The molecule has 19 heavy (non-hydrogen) atoms. The van der Waals surface area contributed by atoms with Crippen molar-refractivity contribution in [3.05, 3.63) is 5.28 Å². The van der Waals surface area contributed by atoms with E-state index in [1.165, 1.54) is 19.3 Å². The molecule has 2 heterocycles. The maximum atomic E-state index is 5.90. The molecule has 1 aromatic rings. The molecule has 1 N–H and O–H groups in total. The predicted octanol–water partition coefficient (Wildman–Crippen LogP) is 1.49. The molecule has 0 radical (unpaired) electrons. The van der Waals surface area contributed by atoms with Crippen LogP contribution in [0.4, 0.5) is 11.9 Å². The maximum absolute atomic E-state index is 5.90. The third kappa shape index (κ3) is 3.91. The van der Waals surface area contributed by atoms with Crippen molar-refractivity contribution < 1.29 is 0 Å². The molecule has 106 valence electrons. The molecule has 1 aliphatic rings. The first kappa shape index (κ1) is 14.3. The minimum Gasteiger partial charge on any atom is -0.352 e. The van der Waals surface area contributed by atoms with Crippen LogP contribution in [0.1, 0.15) is 19.3 Å². The lowest BCUT2D eigenvalue weighted by Gasteiger charge is -2.32. The topological polar surface area (TPSA) is 57.2 Å². The molecule has 1 atom stereocenters. The summed E-state index contributed by atoms with van der Waals surface area (Å²) in [6.07, 6.45) is 3.79. The predicted molar refractivity (Wildman–Crippen MR) is 77.9 cm³/mol. The van der Waals surface area contributed by atoms with E-state index in [2.05, 4.69) is 32.2 Å². The number of piperidine rings is 1. The monoisotopic (exact) mass is 284 g/mol. The van der Waals surface area contributed by atoms with Crippen molar-refractivity contribution in [2.45, 2.75) is 25.3 Å². The van der Waals surface area contributed by atoms with Gasteiger partial charge in [0, 0.05) is 26.7 Å². The molecule has 0 aliphatic carbocycles. The van der Waals surface area contributed by atoms with Gasteiger partial charge in [0.15, 0.2) is 0 Å². The number of hydrogen-bond donors (Lipinski definition) is 1. The van der Waals surface area contributed by atoms with Crippen LogP contribution in [0, 0.1) is 0 Å². The quantitative estimate of drug-likeness (QED) is 0.904. The first-order valence-electron chi connectivity index (χ1n) is 6.59. The number of nitrogens with zero attached hydrogens (tertiary/aromatic N) is 5. The Morgan fingerprint density at radius 3 is 2.79 bits per heavy atom. The van der Waals surface area contributed by atoms with Crippen LogP contribution in [-0.4, -0.2) is 60.1 Å². The van der Waals surface area contributed by atoms with E-state index in [9.17, 15) is 0 Å². The number of halogens is 1. The Bertz CT molecular complexity index is 425. The molecule has 6 nitrogen and oxygen atoms in total. The van der Waals surface area contributed by atoms with Gasteiger partial charge in [-0.1, -0.05) is 6.42 Å². The zero-order valence-electron chi connectivity index (χ0n) is 11.7. The van der Waals surface area contributed by atoms with Crippen LogP contribution in [0.25, 0.3) is 0 Å². The lowest BCUT2D eigenvalue weighted by Crippen LogP contribution is -2.41. The molecule has 2 rings (SSSR count). The van der Waals surface area contributed by atoms with Crippen LogP contribution >= 0.6 is 11.6 Å². The van der Waals surface area contributed by atoms with Gasteiger partial charge < -0.3 is 15.1 Å². The van der Waals surface area contributed by atoms with E-state index < -0.39 is 0 Å². The second kappa shape index (κ2) is 6.34. The van der Waals surface area contributed by atoms with Crippen LogP contribution in [0.5, 0.6) is 0 Å². The smallest absolute Gasteiger partial charge is 0.230 e. The second-order valence-corrected chi connectivity index (χ2v) is 5.47. The SMILES string of the molecule is CN(C)c1nc(Cl)nc(NCC2CCCCN2C)n1. The van der Waals surface area contributed by atoms with Crippen LogP contribution in [-0.2, 0) is 0 Å². The first-order chi connectivity index (χ1) is 9.06. The zero-order chi connectivity index (χ0) is 13.8. The van der Waals surface area contributed by atoms with E-state index in [1.54, 1.807) is 0 Å². The van der Waals surface area contributed by atoms with Crippen molar-refractivity contribution in [2.75, 3.05) is 44.4 Å². The van der Waals surface area contributed by atoms with Gasteiger partial charge in [-0.25, -0.2) is 0 Å². The molecule has 1 saturated heterocycles. The summed E-state index contributed by atoms with van der Waals surface area (Å²) in [4.78, 5) is 16.7. The fourth-order valence-corrected chi connectivity index (χ4v) is 2.39. The van der Waals surface area contributed by atoms with Gasteiger partial charge in [-0.15, -0.1) is 0 Å². The Balaban J connectivity index is 1.98. The average Bonchev–Trinajstić information content (AvgIpc) is 2.37. The van der Waals surface area contributed by atoms with Crippen molar-refractivity contribution in [1.82, 2.24) is 19.9 Å². The Kier molecular flexibility index (Phi) is 4.76. The maximum Gasteiger partial charge on any atom is 0.230 e. The molecule has 0 spiro atoms. The molecular formula is C12H21ClN6. The Hall–Kier alpha value is -1.14. The minimum atomic E-state index is 0.221. The largest absolute Gasteiger partial charge is 0.352 e. The van der Waals surface area contributed by atoms with E-state index in [1.807, 2.05) is 19.0 Å². The first-order valence-corrected chi connectivity index (χ1v) is 6.97. The van der Waals surface area contributed by atoms with Gasteiger partial charge in [-0.05, 0) is 38.0 Å². The van der Waals surface area contributed by atoms with Crippen LogP contribution in [0.2, 0.25) is 5.28 Å². The molecule has 0 saturated carbocycles. The van der Waals surface area contributed by atoms with Crippen molar-refractivity contribution in [2.24, 2.45) is 0 Å². The summed E-state index contributed by atoms with van der Waals surface area (Å²) in [5.41, 5.74) is 0. The van der Waals surface area contributed by atoms with Crippen molar-refractivity contribution in [3.8, 4) is 0 Å². The van der Waals surface area contributed by atoms with Gasteiger partial charge in [0.05, 0.1) is 0 Å². The third-order valence-electron chi connectivity index (χ3n) is 3.41. The van der Waals surface area contributed by atoms with Crippen LogP contribution in [0.3, 0.4) is 0 Å². The number of rotatable bonds is 4. The van der Waals surface area contributed by atoms with Crippen molar-refractivity contribution >= 4 is 23.5 Å². The summed E-state index contributed by atoms with van der Waals surface area (Å²) in [6.45, 7) is 2.00. The highest BCUT2D eigenvalue weighted by atomic mass is 35.5. The number of likely N-dealkylation sites (N-methyl/N-ethyl adjacent to an activating group) is 1. The van der Waals surface area contributed by atoms with Crippen LogP contribution < -0.4 is 10.2 Å². The van der Waals surface area contributed by atoms with Crippen molar-refractivity contribution in [1.29, 1.82) is 0 Å². The third-order valence-corrected chi connectivity index (χ3v) is 3.58. The van der Waals surface area contributed by atoms with Gasteiger partial charge in [0.2, 0.25) is 17.2 Å². The zero-order valence-corrected chi connectivity index (χ0v) is 12.5. The van der Waals surface area contributed by atoms with Gasteiger partial charge >= 0.3 is 0 Å². The molecule has 0 bridgehead atoms. The molecule has 0 amide bonds. The molecule has 1 unspecified atom stereocenters. The highest BCUT2D eigenvalue weighted by molar-refractivity contribution is 6.28. The van der Waals surface area contributed by atoms with Gasteiger partial charge in [-0.2, -0.15) is 15.0 Å². The number of nitrogens with one attached hydrogen (secondary N) is 1. The molecular weight excluding hydrogens is 264 g/mol. The van der Waals surface area contributed by atoms with Crippen molar-refractivity contribution in [3.63, 3.8) is 0 Å². The van der Waals surface area contributed by atoms with Gasteiger partial charge in [0.1, 0.15) is 0 Å². The molecule has 0 aromatic carbocycles. The fourth-order valence-electron chi connectivity index (χ4n) is 2.23. The van der Waals surface area contributed by atoms with E-state index in [4.69, 9.17) is 11.6 Å². The van der Waals surface area contributed by atoms with E-state index >= 15 is 0 Å².